The van der Waals surface area contributed by atoms with E-state index in [0.717, 1.165) is 6.08 Å². The molecule has 1 unspecified atom stereocenters. The van der Waals surface area contributed by atoms with Crippen LogP contribution in [0.4, 0.5) is 0 Å². The molecule has 0 aromatic carbocycles. The monoisotopic (exact) mass is 180 g/mol. The number of aliphatic carboxylic acids is 1. The molecule has 0 fully saturated rings. The third-order valence-electron chi connectivity index (χ3n) is 0.928. The number of esters is 1. The fourth-order valence-corrected chi connectivity index (χ4v) is 0.398. The summed E-state index contributed by atoms with van der Waals surface area (Å²) >= 11 is 0. The predicted octanol–water partition coefficient (Wildman–Crippen LogP) is -3.75. The molecule has 0 rings (SSSR count). The third-order valence-corrected chi connectivity index (χ3v) is 0.928. The smallest absolute Gasteiger partial charge is 0.546 e. The second kappa shape index (κ2) is 7.34. The molecule has 0 saturated carbocycles. The Hall–Kier alpha value is -0.320. The zero-order valence-corrected chi connectivity index (χ0v) is 9.37. The molecule has 0 spiro atoms. The minimum atomic E-state index is -1.40. The van der Waals surface area contributed by atoms with Gasteiger partial charge in [-0.2, -0.15) is 0 Å². The van der Waals surface area contributed by atoms with Crippen LogP contribution in [-0.2, 0) is 14.3 Å². The topological polar surface area (TPSA) is 66.4 Å². The van der Waals surface area contributed by atoms with Crippen LogP contribution in [0.1, 0.15) is 13.8 Å². The van der Waals surface area contributed by atoms with Gasteiger partial charge in [0.15, 0.2) is 0 Å². The zero-order chi connectivity index (χ0) is 8.85. The van der Waals surface area contributed by atoms with E-state index < -0.39 is 18.0 Å². The van der Waals surface area contributed by atoms with Gasteiger partial charge >= 0.3 is 35.5 Å². The van der Waals surface area contributed by atoms with Gasteiger partial charge in [0.1, 0.15) is 6.10 Å². The summed E-state index contributed by atoms with van der Waals surface area (Å²) in [5.74, 6) is -2.08. The first-order chi connectivity index (χ1) is 5.07. The van der Waals surface area contributed by atoms with Crippen molar-refractivity contribution in [2.24, 2.45) is 0 Å². The Bertz CT molecular complexity index is 188. The molecule has 1 atom stereocenters. The van der Waals surface area contributed by atoms with Crippen molar-refractivity contribution in [2.75, 3.05) is 0 Å². The van der Waals surface area contributed by atoms with Gasteiger partial charge in [-0.25, -0.2) is 4.79 Å². The van der Waals surface area contributed by atoms with Crippen LogP contribution in [0, 0.1) is 0 Å². The number of carboxylic acid groups (broad SMARTS) is 1. The molecule has 5 heteroatoms. The largest absolute Gasteiger partial charge is 1.00 e. The molecule has 0 aliphatic heterocycles. The van der Waals surface area contributed by atoms with Crippen LogP contribution in [0.25, 0.3) is 0 Å². The van der Waals surface area contributed by atoms with E-state index in [1.54, 1.807) is 6.92 Å². The molecule has 4 nitrogen and oxygen atoms in total. The third kappa shape index (κ3) is 6.39. The minimum absolute atomic E-state index is 0. The molecule has 0 amide bonds. The quantitative estimate of drug-likeness (QED) is 0.254. The summed E-state index contributed by atoms with van der Waals surface area (Å²) in [5.41, 5.74) is 0. The first-order valence-corrected chi connectivity index (χ1v) is 3.12. The summed E-state index contributed by atoms with van der Waals surface area (Å²) in [7, 11) is 0. The van der Waals surface area contributed by atoms with Crippen LogP contribution >= 0.6 is 0 Å². The van der Waals surface area contributed by atoms with E-state index in [2.05, 4.69) is 4.74 Å². The van der Waals surface area contributed by atoms with Gasteiger partial charge in [0.25, 0.3) is 0 Å². The van der Waals surface area contributed by atoms with Crippen LogP contribution in [0.2, 0.25) is 0 Å². The van der Waals surface area contributed by atoms with Crippen molar-refractivity contribution >= 4 is 11.9 Å². The average molecular weight is 180 g/mol. The Morgan fingerprint density at radius 2 is 2.00 bits per heavy atom. The van der Waals surface area contributed by atoms with E-state index in [0.29, 0.717) is 0 Å². The van der Waals surface area contributed by atoms with Gasteiger partial charge in [-0.1, -0.05) is 6.08 Å². The van der Waals surface area contributed by atoms with Gasteiger partial charge in [-0.15, -0.1) is 0 Å². The van der Waals surface area contributed by atoms with E-state index in [-0.39, 0.29) is 29.6 Å². The number of allylic oxidation sites excluding steroid dienone is 1. The SMILES string of the molecule is CC=CC(=O)OC(C)C(=O)[O-].[Na+]. The number of hydrogen-bond donors (Lipinski definition) is 0. The summed E-state index contributed by atoms with van der Waals surface area (Å²) < 4.78 is 4.36. The van der Waals surface area contributed by atoms with Crippen LogP contribution in [0.5, 0.6) is 0 Å². The molecule has 12 heavy (non-hydrogen) atoms. The second-order valence-corrected chi connectivity index (χ2v) is 1.90. The van der Waals surface area contributed by atoms with E-state index in [4.69, 9.17) is 0 Å². The first kappa shape index (κ1) is 14.2. The fourth-order valence-electron chi connectivity index (χ4n) is 0.398. The van der Waals surface area contributed by atoms with E-state index >= 15 is 0 Å². The number of ether oxygens (including phenoxy) is 1. The summed E-state index contributed by atoms with van der Waals surface area (Å²) in [4.78, 5) is 20.6. The Morgan fingerprint density at radius 1 is 1.50 bits per heavy atom. The van der Waals surface area contributed by atoms with E-state index in [9.17, 15) is 14.7 Å². The Morgan fingerprint density at radius 3 is 2.33 bits per heavy atom. The molecule has 0 aromatic rings. The minimum Gasteiger partial charge on any atom is -0.546 e. The van der Waals surface area contributed by atoms with Crippen molar-refractivity contribution in [1.82, 2.24) is 0 Å². The maximum absolute atomic E-state index is 10.6. The van der Waals surface area contributed by atoms with Gasteiger partial charge in [-0.05, 0) is 13.8 Å². The maximum atomic E-state index is 10.6. The molecule has 0 heterocycles. The summed E-state index contributed by atoms with van der Waals surface area (Å²) in [6.07, 6.45) is 1.41. The molecule has 0 saturated heterocycles. The molecule has 62 valence electrons. The molecule has 0 N–H and O–H groups in total. The van der Waals surface area contributed by atoms with Gasteiger partial charge < -0.3 is 14.6 Å². The molecule has 0 aliphatic rings. The predicted molar refractivity (Wildman–Crippen MR) is 35.4 cm³/mol. The normalized spacial score (nSPS) is 11.8. The van der Waals surface area contributed by atoms with Crippen molar-refractivity contribution in [3.8, 4) is 0 Å². The summed E-state index contributed by atoms with van der Waals surface area (Å²) in [5, 5.41) is 10.0. The number of hydrogen-bond acceptors (Lipinski definition) is 4. The van der Waals surface area contributed by atoms with E-state index in [1.165, 1.54) is 13.0 Å². The average Bonchev–Trinajstić information content (AvgIpc) is 1.87. The molecule has 0 aliphatic carbocycles. The van der Waals surface area contributed by atoms with Gasteiger partial charge in [0.2, 0.25) is 0 Å². The van der Waals surface area contributed by atoms with Gasteiger partial charge in [0, 0.05) is 6.08 Å². The van der Waals surface area contributed by atoms with Crippen LogP contribution in [-0.4, -0.2) is 18.0 Å². The molecule has 0 aromatic heterocycles. The summed E-state index contributed by atoms with van der Waals surface area (Å²) in [6, 6.07) is 0. The standard InChI is InChI=1S/C7H10O4.Na/c1-3-4-6(8)11-5(2)7(9)10;/h3-5H,1-2H3,(H,9,10);/q;+1/p-1. The Balaban J connectivity index is 0. The van der Waals surface area contributed by atoms with Crippen molar-refractivity contribution in [1.29, 1.82) is 0 Å². The number of carboxylic acids is 1. The van der Waals surface area contributed by atoms with Crippen molar-refractivity contribution in [3.63, 3.8) is 0 Å². The fraction of sp³-hybridized carbons (Fsp3) is 0.429. The molecule has 0 bridgehead atoms. The summed E-state index contributed by atoms with van der Waals surface area (Å²) in [6.45, 7) is 2.86. The number of carbonyl (C=O) groups is 2. The van der Waals surface area contributed by atoms with Gasteiger partial charge in [0.05, 0.1) is 5.97 Å². The number of carbonyl (C=O) groups excluding carboxylic acids is 2. The molecule has 0 radical (unpaired) electrons. The van der Waals surface area contributed by atoms with Crippen molar-refractivity contribution in [2.45, 2.75) is 20.0 Å². The molecular formula is C7H9NaO4. The van der Waals surface area contributed by atoms with Crippen LogP contribution in [0.3, 0.4) is 0 Å². The molecular weight excluding hydrogens is 171 g/mol. The Labute approximate surface area is 92.9 Å². The zero-order valence-electron chi connectivity index (χ0n) is 7.37. The Kier molecular flexibility index (Phi) is 8.69. The van der Waals surface area contributed by atoms with Crippen LogP contribution in [0.15, 0.2) is 12.2 Å². The maximum Gasteiger partial charge on any atom is 1.00 e. The van der Waals surface area contributed by atoms with Crippen molar-refractivity contribution in [3.05, 3.63) is 12.2 Å². The first-order valence-electron chi connectivity index (χ1n) is 3.12. The number of rotatable bonds is 3. The van der Waals surface area contributed by atoms with Crippen molar-refractivity contribution < 1.29 is 49.0 Å². The van der Waals surface area contributed by atoms with Crippen LogP contribution < -0.4 is 34.7 Å². The van der Waals surface area contributed by atoms with Gasteiger partial charge in [-0.3, -0.25) is 0 Å². The second-order valence-electron chi connectivity index (χ2n) is 1.90. The van der Waals surface area contributed by atoms with E-state index in [1.807, 2.05) is 0 Å².